The molecule has 6 rings (SSSR count). The Morgan fingerprint density at radius 1 is 0.353 bits per heavy atom. The first kappa shape index (κ1) is 26.7. The van der Waals surface area contributed by atoms with Crippen LogP contribution in [0.1, 0.15) is 38.5 Å². The van der Waals surface area contributed by atoms with E-state index in [1.165, 1.54) is 51.8 Å². The van der Waals surface area contributed by atoms with Gasteiger partial charge in [0.2, 0.25) is 0 Å². The van der Waals surface area contributed by atoms with Crippen LogP contribution in [0.5, 0.6) is 0 Å². The maximum absolute atomic E-state index is 4.94. The topological polar surface area (TPSA) is 27.7 Å². The van der Waals surface area contributed by atoms with Crippen LogP contribution in [-0.4, -0.2) is 39.6 Å². The Balaban J connectivity index is 0.000000173. The summed E-state index contributed by atoms with van der Waals surface area (Å²) in [6.45, 7) is 6.00. The van der Waals surface area contributed by atoms with Gasteiger partial charge in [-0.05, 0) is 38.5 Å². The van der Waals surface area contributed by atoms with Crippen molar-refractivity contribution in [1.29, 1.82) is 0 Å². The van der Waals surface area contributed by atoms with Crippen LogP contribution in [0.2, 0.25) is 0 Å². The van der Waals surface area contributed by atoms with Crippen molar-refractivity contribution >= 4 is 13.3 Å². The zero-order valence-electron chi connectivity index (χ0n) is 20.3. The van der Waals surface area contributed by atoms with Crippen molar-refractivity contribution in [3.05, 3.63) is 91.0 Å². The van der Waals surface area contributed by atoms with E-state index >= 15 is 0 Å². The van der Waals surface area contributed by atoms with Crippen molar-refractivity contribution in [3.8, 4) is 0 Å². The first-order valence-electron chi connectivity index (χ1n) is 12.6. The van der Waals surface area contributed by atoms with Gasteiger partial charge >= 0.3 is 118 Å². The second-order valence-electron chi connectivity index (χ2n) is 8.20. The van der Waals surface area contributed by atoms with Gasteiger partial charge in [-0.3, -0.25) is 0 Å². The normalized spacial score (nSPS) is 16.5. The van der Waals surface area contributed by atoms with Crippen molar-refractivity contribution in [2.24, 2.45) is 0 Å². The van der Waals surface area contributed by atoms with E-state index in [0.717, 1.165) is 39.6 Å². The minimum atomic E-state index is -1.15. The van der Waals surface area contributed by atoms with Gasteiger partial charge in [0, 0.05) is 39.6 Å². The van der Waals surface area contributed by atoms with Gasteiger partial charge in [0.25, 0.3) is 0 Å². The van der Waals surface area contributed by atoms with Gasteiger partial charge in [-0.25, -0.2) is 0 Å². The minimum absolute atomic E-state index is 1.00. The van der Waals surface area contributed by atoms with Crippen molar-refractivity contribution in [3.63, 3.8) is 0 Å². The van der Waals surface area contributed by atoms with Crippen LogP contribution < -0.4 is 13.3 Å². The molecular formula is C30H39CrO3. The summed E-state index contributed by atoms with van der Waals surface area (Å²) in [7, 11) is 0. The first-order valence-corrected chi connectivity index (χ1v) is 14.5. The van der Waals surface area contributed by atoms with Gasteiger partial charge in [-0.15, -0.1) is 0 Å². The summed E-state index contributed by atoms with van der Waals surface area (Å²) in [6.07, 6.45) is 7.67. The van der Waals surface area contributed by atoms with E-state index in [2.05, 4.69) is 91.0 Å². The number of benzene rings is 3. The molecule has 0 N–H and O–H groups in total. The van der Waals surface area contributed by atoms with Crippen LogP contribution in [0, 0.1) is 0 Å². The fourth-order valence-corrected chi connectivity index (χ4v) is 6.90. The fraction of sp³-hybridized carbons (Fsp3) is 0.400. The molecule has 0 aromatic heterocycles. The van der Waals surface area contributed by atoms with E-state index in [1.807, 2.05) is 0 Å². The van der Waals surface area contributed by atoms with E-state index in [4.69, 9.17) is 14.2 Å². The molecule has 0 radical (unpaired) electrons. The summed E-state index contributed by atoms with van der Waals surface area (Å²) in [6, 6.07) is 32.6. The van der Waals surface area contributed by atoms with Crippen molar-refractivity contribution in [1.82, 2.24) is 0 Å². The number of hydrogen-bond acceptors (Lipinski definition) is 3. The van der Waals surface area contributed by atoms with Crippen molar-refractivity contribution in [2.75, 3.05) is 39.6 Å². The van der Waals surface area contributed by atoms with Crippen molar-refractivity contribution in [2.45, 2.75) is 38.5 Å². The van der Waals surface area contributed by atoms with Crippen LogP contribution in [0.25, 0.3) is 0 Å². The molecule has 0 saturated carbocycles. The molecule has 3 fully saturated rings. The summed E-state index contributed by atoms with van der Waals surface area (Å²) in [4.78, 5) is 0. The summed E-state index contributed by atoms with van der Waals surface area (Å²) in [5, 5.41) is 0. The van der Waals surface area contributed by atoms with Gasteiger partial charge in [0.15, 0.2) is 0 Å². The van der Waals surface area contributed by atoms with Crippen LogP contribution in [0.4, 0.5) is 0 Å². The third-order valence-electron chi connectivity index (χ3n) is 5.42. The molecule has 3 heterocycles. The summed E-state index contributed by atoms with van der Waals surface area (Å²) >= 11 is -1.15. The van der Waals surface area contributed by atoms with Gasteiger partial charge in [0.05, 0.1) is 0 Å². The van der Waals surface area contributed by atoms with Crippen LogP contribution >= 0.6 is 0 Å². The Kier molecular flexibility index (Phi) is 13.7. The van der Waals surface area contributed by atoms with E-state index in [1.54, 1.807) is 0 Å². The average Bonchev–Trinajstić information content (AvgIpc) is 3.74. The Bertz CT molecular complexity index is 705. The summed E-state index contributed by atoms with van der Waals surface area (Å²) in [5.41, 5.74) is 0. The number of ether oxygens (including phenoxy) is 3. The molecule has 0 bridgehead atoms. The van der Waals surface area contributed by atoms with Gasteiger partial charge in [-0.1, -0.05) is 0 Å². The molecule has 3 aromatic rings. The third kappa shape index (κ3) is 10.6. The van der Waals surface area contributed by atoms with Crippen molar-refractivity contribution < 1.29 is 28.4 Å². The predicted octanol–water partition coefficient (Wildman–Crippen LogP) is 4.97. The molecule has 0 unspecified atom stereocenters. The summed E-state index contributed by atoms with van der Waals surface area (Å²) < 4.78 is 19.2. The molecular weight excluding hydrogens is 460 g/mol. The molecule has 3 aliphatic rings. The van der Waals surface area contributed by atoms with E-state index < -0.39 is 14.1 Å². The maximum atomic E-state index is 4.94. The molecule has 0 atom stereocenters. The molecule has 34 heavy (non-hydrogen) atoms. The van der Waals surface area contributed by atoms with Gasteiger partial charge in [0.1, 0.15) is 0 Å². The van der Waals surface area contributed by atoms with Gasteiger partial charge < -0.3 is 14.2 Å². The van der Waals surface area contributed by atoms with Gasteiger partial charge in [-0.2, -0.15) is 0 Å². The molecule has 3 saturated heterocycles. The van der Waals surface area contributed by atoms with Crippen LogP contribution in [0.3, 0.4) is 0 Å². The summed E-state index contributed by atoms with van der Waals surface area (Å²) in [5.74, 6) is 0. The Morgan fingerprint density at radius 2 is 0.588 bits per heavy atom. The first-order chi connectivity index (χ1) is 16.9. The average molecular weight is 500 g/mol. The quantitative estimate of drug-likeness (QED) is 0.509. The van der Waals surface area contributed by atoms with Crippen LogP contribution in [-0.2, 0) is 28.4 Å². The SMILES string of the molecule is C1CCOC1.C1CCOC1.C1CCOC1.c1cc[c]([Cr]([c]2ccccc2)[c]2ccccc2)cc1. The molecule has 3 aliphatic heterocycles. The Hall–Kier alpha value is -1.93. The zero-order valence-corrected chi connectivity index (χ0v) is 21.6. The third-order valence-corrected chi connectivity index (χ3v) is 8.90. The molecule has 3 aromatic carbocycles. The zero-order chi connectivity index (χ0) is 23.5. The molecule has 183 valence electrons. The Morgan fingerprint density at radius 3 is 0.765 bits per heavy atom. The predicted molar refractivity (Wildman–Crippen MR) is 138 cm³/mol. The number of rotatable bonds is 3. The second-order valence-corrected chi connectivity index (χ2v) is 11.4. The standard InChI is InChI=1S/3C6H5.3C4H8O.Cr/c3*1-2-4-6-5-3-1;3*1-2-4-5-3-1;/h3*1-5H;3*1-4H2;. The Labute approximate surface area is 210 Å². The van der Waals surface area contributed by atoms with E-state index in [9.17, 15) is 0 Å². The molecule has 0 spiro atoms. The fourth-order valence-electron chi connectivity index (χ4n) is 3.61. The van der Waals surface area contributed by atoms with E-state index in [-0.39, 0.29) is 0 Å². The molecule has 0 aliphatic carbocycles. The molecule has 0 amide bonds. The van der Waals surface area contributed by atoms with Crippen LogP contribution in [0.15, 0.2) is 91.0 Å². The number of hydrogen-bond donors (Lipinski definition) is 0. The van der Waals surface area contributed by atoms with E-state index in [0.29, 0.717) is 0 Å². The monoisotopic (exact) mass is 499 g/mol. The molecule has 4 heteroatoms. The molecule has 3 nitrogen and oxygen atoms in total. The second kappa shape index (κ2) is 17.5.